The Balaban J connectivity index is 1.78. The summed E-state index contributed by atoms with van der Waals surface area (Å²) in [7, 11) is 0. The number of nitrogens with one attached hydrogen (secondary N) is 1. The summed E-state index contributed by atoms with van der Waals surface area (Å²) in [5, 5.41) is 3.84. The van der Waals surface area contributed by atoms with Crippen LogP contribution >= 0.6 is 0 Å². The molecule has 4 atom stereocenters. The summed E-state index contributed by atoms with van der Waals surface area (Å²) in [6.07, 6.45) is 6.26. The molecule has 2 fully saturated rings. The Morgan fingerprint density at radius 2 is 2.14 bits per heavy atom. The van der Waals surface area contributed by atoms with Crippen molar-refractivity contribution < 1.29 is 4.39 Å². The number of aromatic nitrogens is 1. The highest BCUT2D eigenvalue weighted by Gasteiger charge is 2.61. The van der Waals surface area contributed by atoms with Gasteiger partial charge in [-0.2, -0.15) is 0 Å². The van der Waals surface area contributed by atoms with Gasteiger partial charge in [-0.3, -0.25) is 4.98 Å². The molecular weight excluding hydrogens is 263 g/mol. The van der Waals surface area contributed by atoms with Crippen LogP contribution in [0.15, 0.2) is 18.3 Å². The number of fused-ring (bicyclic) bond motifs is 2. The highest BCUT2D eigenvalue weighted by molar-refractivity contribution is 5.16. The smallest absolute Gasteiger partial charge is 0.141 e. The second-order valence-electron chi connectivity index (χ2n) is 7.69. The Kier molecular flexibility index (Phi) is 3.59. The molecule has 2 aliphatic rings. The lowest BCUT2D eigenvalue weighted by Gasteiger charge is -2.41. The molecule has 4 unspecified atom stereocenters. The minimum absolute atomic E-state index is 0.225. The first-order valence-electron chi connectivity index (χ1n) is 8.26. The van der Waals surface area contributed by atoms with E-state index in [0.29, 0.717) is 16.9 Å². The predicted molar refractivity (Wildman–Crippen MR) is 83.4 cm³/mol. The van der Waals surface area contributed by atoms with E-state index in [1.165, 1.54) is 31.5 Å². The molecular formula is C18H27FN2. The van der Waals surface area contributed by atoms with Crippen LogP contribution in [0.2, 0.25) is 0 Å². The van der Waals surface area contributed by atoms with Gasteiger partial charge in [-0.05, 0) is 54.6 Å². The van der Waals surface area contributed by atoms with E-state index >= 15 is 0 Å². The maximum Gasteiger partial charge on any atom is 0.141 e. The molecule has 2 nitrogen and oxygen atoms in total. The number of rotatable bonds is 4. The summed E-state index contributed by atoms with van der Waals surface area (Å²) >= 11 is 0. The van der Waals surface area contributed by atoms with E-state index in [4.69, 9.17) is 0 Å². The number of nitrogens with zero attached hydrogens (tertiary/aromatic N) is 1. The van der Waals surface area contributed by atoms with E-state index in [2.05, 4.69) is 38.0 Å². The van der Waals surface area contributed by atoms with Crippen LogP contribution in [0, 0.1) is 22.6 Å². The highest BCUT2D eigenvalue weighted by atomic mass is 19.1. The Morgan fingerprint density at radius 1 is 1.38 bits per heavy atom. The maximum atomic E-state index is 13.1. The van der Waals surface area contributed by atoms with Crippen molar-refractivity contribution in [3.05, 3.63) is 29.8 Å². The van der Waals surface area contributed by atoms with Crippen LogP contribution < -0.4 is 5.32 Å². The van der Waals surface area contributed by atoms with Crippen LogP contribution in [0.3, 0.4) is 0 Å². The molecule has 3 rings (SSSR count). The average molecular weight is 290 g/mol. The van der Waals surface area contributed by atoms with Gasteiger partial charge in [0.15, 0.2) is 0 Å². The van der Waals surface area contributed by atoms with Gasteiger partial charge in [-0.1, -0.05) is 27.7 Å². The Morgan fingerprint density at radius 3 is 2.62 bits per heavy atom. The molecule has 0 saturated heterocycles. The highest BCUT2D eigenvalue weighted by Crippen LogP contribution is 2.65. The molecule has 1 aromatic rings. The maximum absolute atomic E-state index is 13.1. The van der Waals surface area contributed by atoms with E-state index in [-0.39, 0.29) is 11.9 Å². The minimum Gasteiger partial charge on any atom is -0.305 e. The number of hydrogen-bond acceptors (Lipinski definition) is 2. The lowest BCUT2D eigenvalue weighted by atomic mass is 9.69. The van der Waals surface area contributed by atoms with Gasteiger partial charge in [0.25, 0.3) is 0 Å². The number of hydrogen-bond donors (Lipinski definition) is 1. The number of halogens is 1. The second kappa shape index (κ2) is 5.05. The third kappa shape index (κ3) is 2.21. The van der Waals surface area contributed by atoms with E-state index in [9.17, 15) is 4.39 Å². The lowest BCUT2D eigenvalue weighted by molar-refractivity contribution is 0.114. The number of pyridine rings is 1. The summed E-state index contributed by atoms with van der Waals surface area (Å²) in [5.74, 6) is 0.570. The molecule has 21 heavy (non-hydrogen) atoms. The molecule has 2 bridgehead atoms. The van der Waals surface area contributed by atoms with Gasteiger partial charge in [0, 0.05) is 12.1 Å². The molecule has 0 radical (unpaired) electrons. The van der Waals surface area contributed by atoms with Crippen molar-refractivity contribution in [1.82, 2.24) is 10.3 Å². The van der Waals surface area contributed by atoms with E-state index in [0.717, 1.165) is 18.0 Å². The van der Waals surface area contributed by atoms with Crippen molar-refractivity contribution in [3.8, 4) is 0 Å². The summed E-state index contributed by atoms with van der Waals surface area (Å²) in [6.45, 7) is 9.48. The first-order chi connectivity index (χ1) is 9.88. The largest absolute Gasteiger partial charge is 0.305 e. The van der Waals surface area contributed by atoms with Crippen LogP contribution in [0.4, 0.5) is 4.39 Å². The molecule has 0 aromatic carbocycles. The topological polar surface area (TPSA) is 24.9 Å². The molecule has 1 heterocycles. The third-order valence-corrected chi connectivity index (χ3v) is 6.71. The fourth-order valence-electron chi connectivity index (χ4n) is 4.70. The SMILES string of the molecule is CCC(NC1CC2CCC1(C)C2(C)C)c1ccc(F)cn1. The molecule has 3 heteroatoms. The monoisotopic (exact) mass is 290 g/mol. The molecule has 0 amide bonds. The first-order valence-corrected chi connectivity index (χ1v) is 8.26. The van der Waals surface area contributed by atoms with Crippen molar-refractivity contribution >= 4 is 0 Å². The van der Waals surface area contributed by atoms with Crippen LogP contribution in [-0.4, -0.2) is 11.0 Å². The van der Waals surface area contributed by atoms with Crippen LogP contribution in [-0.2, 0) is 0 Å². The van der Waals surface area contributed by atoms with Crippen molar-refractivity contribution in [2.45, 2.75) is 65.5 Å². The summed E-state index contributed by atoms with van der Waals surface area (Å²) in [6, 6.07) is 4.10. The molecule has 1 aromatic heterocycles. The normalized spacial score (nSPS) is 35.1. The van der Waals surface area contributed by atoms with Gasteiger partial charge < -0.3 is 5.32 Å². The van der Waals surface area contributed by atoms with Crippen molar-refractivity contribution in [2.24, 2.45) is 16.7 Å². The van der Waals surface area contributed by atoms with Crippen molar-refractivity contribution in [3.63, 3.8) is 0 Å². The fourth-order valence-corrected chi connectivity index (χ4v) is 4.70. The van der Waals surface area contributed by atoms with Gasteiger partial charge in [0.2, 0.25) is 0 Å². The van der Waals surface area contributed by atoms with E-state index < -0.39 is 0 Å². The summed E-state index contributed by atoms with van der Waals surface area (Å²) < 4.78 is 13.1. The predicted octanol–water partition coefficient (Wildman–Crippen LogP) is 4.48. The molecule has 116 valence electrons. The molecule has 2 aliphatic carbocycles. The molecule has 1 N–H and O–H groups in total. The lowest BCUT2D eigenvalue weighted by Crippen LogP contribution is -2.45. The van der Waals surface area contributed by atoms with Crippen LogP contribution in [0.25, 0.3) is 0 Å². The first kappa shape index (κ1) is 15.0. The molecule has 0 spiro atoms. The van der Waals surface area contributed by atoms with Crippen molar-refractivity contribution in [2.75, 3.05) is 0 Å². The van der Waals surface area contributed by atoms with Gasteiger partial charge in [0.1, 0.15) is 5.82 Å². The Bertz CT molecular complexity index is 510. The van der Waals surface area contributed by atoms with E-state index in [1.807, 2.05) is 6.07 Å². The van der Waals surface area contributed by atoms with Crippen molar-refractivity contribution in [1.29, 1.82) is 0 Å². The van der Waals surface area contributed by atoms with Gasteiger partial charge in [0.05, 0.1) is 11.9 Å². The zero-order chi connectivity index (χ0) is 15.3. The van der Waals surface area contributed by atoms with E-state index in [1.54, 1.807) is 0 Å². The zero-order valence-corrected chi connectivity index (χ0v) is 13.6. The van der Waals surface area contributed by atoms with Gasteiger partial charge in [-0.25, -0.2) is 4.39 Å². The zero-order valence-electron chi connectivity index (χ0n) is 13.6. The molecule has 2 saturated carbocycles. The quantitative estimate of drug-likeness (QED) is 0.884. The molecule has 0 aliphatic heterocycles. The average Bonchev–Trinajstić information content (AvgIpc) is 2.79. The van der Waals surface area contributed by atoms with Crippen LogP contribution in [0.5, 0.6) is 0 Å². The summed E-state index contributed by atoms with van der Waals surface area (Å²) in [5.41, 5.74) is 1.74. The third-order valence-electron chi connectivity index (χ3n) is 6.71. The second-order valence-corrected chi connectivity index (χ2v) is 7.69. The summed E-state index contributed by atoms with van der Waals surface area (Å²) in [4.78, 5) is 4.28. The minimum atomic E-state index is -0.262. The fraction of sp³-hybridized carbons (Fsp3) is 0.722. The Labute approximate surface area is 127 Å². The Hall–Kier alpha value is -0.960. The van der Waals surface area contributed by atoms with Gasteiger partial charge in [-0.15, -0.1) is 0 Å². The standard InChI is InChI=1S/C18H27FN2/c1-5-14(15-7-6-13(19)11-20-15)21-16-10-12-8-9-18(16,4)17(12,2)3/h6-7,11-12,14,16,21H,5,8-10H2,1-4H3. The van der Waals surface area contributed by atoms with Gasteiger partial charge >= 0.3 is 0 Å². The van der Waals surface area contributed by atoms with Crippen LogP contribution in [0.1, 0.15) is 65.1 Å².